The van der Waals surface area contributed by atoms with Crippen molar-refractivity contribution < 1.29 is 116 Å². The van der Waals surface area contributed by atoms with E-state index in [0.29, 0.717) is 211 Å². The molecule has 4 aliphatic rings. The average molecular weight is 1810 g/mol. The molecule has 1 aromatic carbocycles. The Bertz CT molecular complexity index is 4440. The Kier molecular flexibility index (Phi) is 44.1. The number of nitrogens with zero attached hydrogens (tertiary/aromatic N) is 8. The van der Waals surface area contributed by atoms with E-state index in [1.165, 1.54) is 26.4 Å². The minimum atomic E-state index is -2.59. The number of aliphatic hydroxyl groups is 3. The van der Waals surface area contributed by atoms with Crippen LogP contribution in [0.2, 0.25) is 0 Å². The van der Waals surface area contributed by atoms with Crippen molar-refractivity contribution in [2.75, 3.05) is 145 Å². The molecule has 7 heterocycles. The molecule has 716 valence electrons. The minimum Gasteiger partial charge on any atom is -0.508 e. The number of rotatable bonds is 44. The SMILES string of the molecule is COC(=O)N[C@H]1C[C@@H]2CC[C@@H](C)[C@@](O)(O2)C(=O)C(=O)N2CCCC[C@H]2C(=O)O[C@H]([C@H](N)C[C@@H]2CC[C@@H](OCCCCc3cn(CCOCCOCCOCCOCCOCCOCCOCCOCCC(=O)NCCCCn4nc(-c5cc6cc(O)ccc6[nH]5)c5c(N)ncnc54)nn3)[C@H](OC)C2)CC(=O)[C@H](C)/C=C(\C)[C@@H](O)[C@@H](O)C(=O)[C@H](C)C[C@H](C)/C=C/C=CC=C1C. The largest absolute Gasteiger partial charge is 0.508 e. The van der Waals surface area contributed by atoms with Crippen molar-refractivity contribution in [2.24, 2.45) is 35.3 Å². The van der Waals surface area contributed by atoms with Crippen LogP contribution >= 0.6 is 0 Å². The van der Waals surface area contributed by atoms with Gasteiger partial charge in [0.05, 0.1) is 160 Å². The molecule has 3 amide bonds. The third-order valence-corrected chi connectivity index (χ3v) is 24.0. The maximum atomic E-state index is 14.7. The average Bonchev–Trinajstić information content (AvgIpc) is 1.74. The van der Waals surface area contributed by atoms with Crippen LogP contribution < -0.4 is 22.1 Å². The van der Waals surface area contributed by atoms with E-state index in [9.17, 15) is 54.0 Å². The summed E-state index contributed by atoms with van der Waals surface area (Å²) < 4.78 is 78.4. The number of Topliss-reactive ketones (excluding diaryl/α,β-unsaturated/α-hetero) is 3. The minimum absolute atomic E-state index is 0.0166. The highest BCUT2D eigenvalue weighted by Crippen LogP contribution is 2.39. The second-order valence-electron chi connectivity index (χ2n) is 34.0. The predicted octanol–water partition coefficient (Wildman–Crippen LogP) is 7.26. The number of amides is 3. The maximum Gasteiger partial charge on any atom is 0.407 e. The fraction of sp³-hybridized carbons (Fsp3) is 0.674. The zero-order valence-electron chi connectivity index (χ0n) is 76.3. The number of nitrogens with one attached hydrogen (secondary N) is 3. The number of nitrogen functional groups attached to an aromatic ring is 1. The van der Waals surface area contributed by atoms with E-state index in [1.54, 1.807) is 86.7 Å². The van der Waals surface area contributed by atoms with Crippen molar-refractivity contribution in [3.63, 3.8) is 0 Å². The number of aryl methyl sites for hydroxylation is 2. The first-order valence-corrected chi connectivity index (χ1v) is 45.6. The summed E-state index contributed by atoms with van der Waals surface area (Å²) in [4.78, 5) is 110. The summed E-state index contributed by atoms with van der Waals surface area (Å²) in [7, 11) is 2.86. The topological polar surface area (TPSA) is 490 Å². The Balaban J connectivity index is 0.591. The number of aromatic nitrogens is 8. The molecule has 0 radical (unpaired) electrons. The van der Waals surface area contributed by atoms with Crippen LogP contribution in [0.1, 0.15) is 156 Å². The molecule has 5 aromatic rings. The molecule has 11 N–H and O–H groups in total. The number of nitrogens with two attached hydrogens (primary N) is 2. The van der Waals surface area contributed by atoms with Gasteiger partial charge in [0.1, 0.15) is 53.7 Å². The van der Waals surface area contributed by atoms with E-state index in [-0.39, 0.29) is 86.5 Å². The molecule has 15 atom stereocenters. The number of methoxy groups -OCH3 is 2. The highest BCUT2D eigenvalue weighted by atomic mass is 16.6. The van der Waals surface area contributed by atoms with Gasteiger partial charge in [0, 0.05) is 87.1 Å². The van der Waals surface area contributed by atoms with Crippen LogP contribution in [0.3, 0.4) is 0 Å². The normalized spacial score (nSPS) is 25.6. The van der Waals surface area contributed by atoms with Crippen LogP contribution in [-0.4, -0.2) is 306 Å². The molecule has 4 aromatic heterocycles. The fourth-order valence-corrected chi connectivity index (χ4v) is 16.5. The maximum absolute atomic E-state index is 14.7. The van der Waals surface area contributed by atoms with Crippen LogP contribution in [0.5, 0.6) is 5.75 Å². The number of alkyl carbamates (subject to hydrolysis) is 1. The van der Waals surface area contributed by atoms with Crippen LogP contribution in [-0.2, 0) is 110 Å². The van der Waals surface area contributed by atoms with Gasteiger partial charge in [-0.1, -0.05) is 74.9 Å². The van der Waals surface area contributed by atoms with E-state index in [1.807, 2.05) is 25.3 Å². The molecule has 129 heavy (non-hydrogen) atoms. The van der Waals surface area contributed by atoms with Crippen molar-refractivity contribution in [1.29, 1.82) is 0 Å². The number of allylic oxidation sites excluding steroid dienone is 6. The molecule has 0 unspecified atom stereocenters. The predicted molar refractivity (Wildman–Crippen MR) is 476 cm³/mol. The molecule has 2 saturated heterocycles. The summed E-state index contributed by atoms with van der Waals surface area (Å²) in [5.74, 6) is -9.01. The van der Waals surface area contributed by atoms with Gasteiger partial charge >= 0.3 is 12.1 Å². The number of ether oxygens (including phenoxy) is 13. The number of aliphatic hydroxyl groups excluding tert-OH is 2. The third kappa shape index (κ3) is 33.1. The lowest BCUT2D eigenvalue weighted by atomic mass is 9.80. The van der Waals surface area contributed by atoms with E-state index in [2.05, 4.69) is 35.9 Å². The zero-order valence-corrected chi connectivity index (χ0v) is 76.3. The highest BCUT2D eigenvalue weighted by Gasteiger charge is 2.53. The molecule has 3 aliphatic heterocycles. The number of piperidine rings is 1. The van der Waals surface area contributed by atoms with E-state index >= 15 is 0 Å². The van der Waals surface area contributed by atoms with Gasteiger partial charge < -0.3 is 114 Å². The molecule has 37 heteroatoms. The van der Waals surface area contributed by atoms with Gasteiger partial charge in [0.15, 0.2) is 11.4 Å². The Morgan fingerprint density at radius 2 is 1.41 bits per heavy atom. The molecular weight excluding hydrogens is 1670 g/mol. The summed E-state index contributed by atoms with van der Waals surface area (Å²) in [6.07, 6.45) is 15.1. The number of fused-ring (bicyclic) bond motifs is 5. The number of benzene rings is 1. The number of anilines is 1. The van der Waals surface area contributed by atoms with Gasteiger partial charge in [-0.15, -0.1) is 5.10 Å². The number of aromatic amines is 1. The number of H-pyrrole nitrogens is 1. The van der Waals surface area contributed by atoms with Crippen molar-refractivity contribution >= 4 is 69.0 Å². The Labute approximate surface area is 755 Å². The Morgan fingerprint density at radius 3 is 2.09 bits per heavy atom. The number of cyclic esters (lactones) is 1. The van der Waals surface area contributed by atoms with Gasteiger partial charge in [-0.2, -0.15) is 5.10 Å². The smallest absolute Gasteiger partial charge is 0.407 e. The lowest BCUT2D eigenvalue weighted by Crippen LogP contribution is -2.61. The lowest BCUT2D eigenvalue weighted by molar-refractivity contribution is -0.264. The fourth-order valence-electron chi connectivity index (χ4n) is 16.5. The summed E-state index contributed by atoms with van der Waals surface area (Å²) in [5.41, 5.74) is 17.9. The quantitative estimate of drug-likeness (QED) is 0.00801. The second kappa shape index (κ2) is 54.8. The number of carbonyl (C=O) groups is 7. The summed E-state index contributed by atoms with van der Waals surface area (Å²) >= 11 is 0. The second-order valence-corrected chi connectivity index (χ2v) is 34.0. The lowest BCUT2D eigenvalue weighted by Gasteiger charge is -2.43. The number of unbranched alkanes of at least 4 members (excludes halogenated alkanes) is 2. The van der Waals surface area contributed by atoms with Crippen molar-refractivity contribution in [2.45, 2.75) is 231 Å². The summed E-state index contributed by atoms with van der Waals surface area (Å²) in [5, 5.41) is 65.4. The molecule has 37 nitrogen and oxygen atoms in total. The van der Waals surface area contributed by atoms with E-state index in [4.69, 9.17) is 78.1 Å². The van der Waals surface area contributed by atoms with Gasteiger partial charge in [-0.05, 0) is 158 Å². The number of esters is 1. The molecule has 0 spiro atoms. The van der Waals surface area contributed by atoms with Crippen LogP contribution in [0.4, 0.5) is 10.6 Å². The summed E-state index contributed by atoms with van der Waals surface area (Å²) in [6, 6.07) is 4.11. The van der Waals surface area contributed by atoms with E-state index in [0.717, 1.165) is 52.9 Å². The zero-order chi connectivity index (χ0) is 92.6. The first kappa shape index (κ1) is 104. The van der Waals surface area contributed by atoms with Crippen LogP contribution in [0.25, 0.3) is 33.3 Å². The number of hydrogen-bond acceptors (Lipinski definition) is 31. The molecule has 3 fully saturated rings. The Morgan fingerprint density at radius 1 is 0.729 bits per heavy atom. The van der Waals surface area contributed by atoms with Crippen molar-refractivity contribution in [1.82, 2.24) is 55.3 Å². The number of ketones is 3. The molecule has 9 rings (SSSR count). The van der Waals surface area contributed by atoms with Gasteiger partial charge in [-0.25, -0.2) is 28.9 Å². The number of hydrogen-bond donors (Lipinski definition) is 9. The highest BCUT2D eigenvalue weighted by molar-refractivity contribution is 6.39. The van der Waals surface area contributed by atoms with Gasteiger partial charge in [-0.3, -0.25) is 24.0 Å². The van der Waals surface area contributed by atoms with Gasteiger partial charge in [0.25, 0.3) is 11.7 Å². The first-order chi connectivity index (χ1) is 62.2. The number of phenols is 1. The first-order valence-electron chi connectivity index (χ1n) is 45.6. The number of aromatic hydroxyl groups is 1. The molecule has 1 saturated carbocycles. The van der Waals surface area contributed by atoms with Crippen molar-refractivity contribution in [3.8, 4) is 17.1 Å². The standard InChI is InChI=1S/C92H139N13O24/c1-60-18-10-9-11-19-61(2)73(99-91(115)118-8)56-70-25-22-65(6)92(116,129-70)86(112)89(113)104-30-15-12-21-75(104)90(114)128-78(57-76(107)62(3)51-64(5)84(110)85(111)83(109)63(4)50-60)71(93)52-66-23-27-77(79(53-66)117-7)127-33-17-13-20-68-58-103(102-100-68)32-35-120-37-39-122-41-43-124-45-47-126-49-48-125-46-44-123-42-40-121-38-36-119-34-28-80(108)95-29-14-16-31-105-88-81(87(94)96-59-97-88)82(101-105)74-55-67-54-69(106)24-26-72(67)98-74/h9-11,18-19,24,26,51,54-55,58-60,62-63,65-66,70-71,73,75,77-79,84-85,98,106,110-111,116H,12-17,20-23,25,27-50,52-53,56-57,93H2,1-8H3,(H,95,108)(H,99,115)(H2,94,96,97)/b11-9?,18-10+,61-19?,64-51+/t60-,62-,63-,65-,66+,70+,71-,73+,75+,77-,78+,79-,84-,85+,92-/m1/s1. The third-order valence-electron chi connectivity index (χ3n) is 24.0. The summed E-state index contributed by atoms with van der Waals surface area (Å²) in [6.45, 7) is 18.7. The van der Waals surface area contributed by atoms with Gasteiger partial charge in [0.2, 0.25) is 11.7 Å². The van der Waals surface area contributed by atoms with E-state index < -0.39 is 101 Å². The van der Waals surface area contributed by atoms with Crippen LogP contribution in [0, 0.1) is 29.6 Å². The number of phenolic OH excluding ortho intramolecular Hbond substituents is 1. The molecule has 2 bridgehead atoms. The molecular formula is C92H139N13O24. The monoisotopic (exact) mass is 1810 g/mol. The number of carbonyl (C=O) groups excluding carboxylic acids is 7. The molecule has 1 aliphatic carbocycles. The van der Waals surface area contributed by atoms with Crippen LogP contribution in [0.15, 0.2) is 84.4 Å². The Hall–Kier alpha value is -8.90. The van der Waals surface area contributed by atoms with Crippen molar-refractivity contribution in [3.05, 3.63) is 90.1 Å².